The van der Waals surface area contributed by atoms with Crippen LogP contribution in [0, 0.1) is 11.8 Å². The molecule has 1 saturated carbocycles. The zero-order chi connectivity index (χ0) is 25.5. The smallest absolute Gasteiger partial charge is 0.354 e. The summed E-state index contributed by atoms with van der Waals surface area (Å²) in [5.41, 5.74) is -0.905. The van der Waals surface area contributed by atoms with Crippen molar-refractivity contribution in [3.05, 3.63) is 30.1 Å². The molecule has 2 heterocycles. The second-order valence-corrected chi connectivity index (χ2v) is 8.66. The van der Waals surface area contributed by atoms with E-state index in [1.807, 2.05) is 0 Å². The summed E-state index contributed by atoms with van der Waals surface area (Å²) in [7, 11) is -3.80. The van der Waals surface area contributed by atoms with Crippen molar-refractivity contribution in [1.29, 1.82) is 0 Å². The lowest BCUT2D eigenvalue weighted by Crippen LogP contribution is -2.23. The van der Waals surface area contributed by atoms with Crippen LogP contribution < -0.4 is 16.0 Å². The number of nitrogens with one attached hydrogen (secondary N) is 3. The minimum atomic E-state index is -4.53. The molecule has 0 bridgehead atoms. The quantitative estimate of drug-likeness (QED) is 0.588. The zero-order valence-electron chi connectivity index (χ0n) is 18.7. The summed E-state index contributed by atoms with van der Waals surface area (Å²) in [5.74, 6) is -5.90. The topological polar surface area (TPSA) is 143 Å². The molecule has 10 nitrogen and oxygen atoms in total. The van der Waals surface area contributed by atoms with Gasteiger partial charge in [0, 0.05) is 29.6 Å². The highest BCUT2D eigenvalue weighted by Gasteiger charge is 2.58. The maximum Gasteiger partial charge on any atom is 0.392 e. The average molecular weight is 461 g/mol. The van der Waals surface area contributed by atoms with Crippen LogP contribution in [-0.2, 0) is 14.6 Å². The first-order valence-electron chi connectivity index (χ1n) is 10.1. The summed E-state index contributed by atoms with van der Waals surface area (Å²) in [4.78, 5) is 28.2. The number of amides is 2. The maximum absolute atomic E-state index is 12.7. The number of alkyl halides is 3. The first kappa shape index (κ1) is 18.5. The van der Waals surface area contributed by atoms with Crippen LogP contribution in [0.1, 0.15) is 21.0 Å². The van der Waals surface area contributed by atoms with Gasteiger partial charge in [0.2, 0.25) is 5.91 Å². The van der Waals surface area contributed by atoms with Crippen molar-refractivity contribution < 1.29 is 35.3 Å². The molecule has 1 aliphatic carbocycles. The third-order valence-electron chi connectivity index (χ3n) is 4.34. The van der Waals surface area contributed by atoms with Crippen molar-refractivity contribution in [3.63, 3.8) is 0 Å². The number of nitrogens with zero attached hydrogens (tertiary/aromatic N) is 3. The van der Waals surface area contributed by atoms with E-state index in [4.69, 9.17) is 4.11 Å². The lowest BCUT2D eigenvalue weighted by molar-refractivity contribution is -0.153. The van der Waals surface area contributed by atoms with Gasteiger partial charge in [0.1, 0.15) is 10.7 Å². The molecular formula is C17H17F3N6O4S. The molecule has 2 aromatic rings. The number of sulfone groups is 1. The molecule has 2 aromatic heterocycles. The highest BCUT2D eigenvalue weighted by Crippen LogP contribution is 2.50. The fraction of sp³-hybridized carbons (Fsp3) is 0.353. The SMILES string of the molecule is [2H]C([2H])([2H])NC(=O)c1nnc(NC(=O)[C@@H]2C[C@H]2C(F)(F)F)cc1Nc1ncccc1S(C)(=O)=O. The average Bonchev–Trinajstić information content (AvgIpc) is 3.48. The van der Waals surface area contributed by atoms with Crippen LogP contribution in [0.4, 0.5) is 30.5 Å². The van der Waals surface area contributed by atoms with E-state index >= 15 is 0 Å². The molecule has 2 atom stereocenters. The summed E-state index contributed by atoms with van der Waals surface area (Å²) in [6.07, 6.45) is -2.78. The van der Waals surface area contributed by atoms with Crippen LogP contribution in [0.15, 0.2) is 29.3 Å². The molecule has 3 rings (SSSR count). The predicted molar refractivity (Wildman–Crippen MR) is 102 cm³/mol. The molecule has 0 aromatic carbocycles. The van der Waals surface area contributed by atoms with Crippen molar-refractivity contribution in [3.8, 4) is 0 Å². The standard InChI is InChI=1S/C17H17F3N6O4S/c1-21-16(28)13-10(23-14-11(31(2,29)30)4-3-5-22-14)7-12(25-26-13)24-15(27)8-6-9(8)17(18,19)20/h3-5,7-9H,6H2,1-2H3,(H,21,28)(H2,22,23,24,25,27)/t8-,9-/m1/s1/i1D3. The Morgan fingerprint density at radius 2 is 2.03 bits per heavy atom. The molecule has 1 aliphatic rings. The molecule has 0 unspecified atom stereocenters. The lowest BCUT2D eigenvalue weighted by Gasteiger charge is -2.13. The minimum Gasteiger partial charge on any atom is -0.354 e. The Morgan fingerprint density at radius 3 is 2.65 bits per heavy atom. The van der Waals surface area contributed by atoms with E-state index in [1.54, 1.807) is 5.32 Å². The normalized spacial score (nSPS) is 20.1. The Hall–Kier alpha value is -3.29. The van der Waals surface area contributed by atoms with Crippen molar-refractivity contribution in [2.45, 2.75) is 17.5 Å². The van der Waals surface area contributed by atoms with Crippen LogP contribution >= 0.6 is 0 Å². The van der Waals surface area contributed by atoms with Gasteiger partial charge >= 0.3 is 6.18 Å². The highest BCUT2D eigenvalue weighted by atomic mass is 32.2. The van der Waals surface area contributed by atoms with E-state index in [0.29, 0.717) is 0 Å². The number of anilines is 3. The van der Waals surface area contributed by atoms with Crippen molar-refractivity contribution in [2.24, 2.45) is 11.8 Å². The van der Waals surface area contributed by atoms with Crippen LogP contribution in [0.3, 0.4) is 0 Å². The largest absolute Gasteiger partial charge is 0.392 e. The highest BCUT2D eigenvalue weighted by molar-refractivity contribution is 7.90. The minimum absolute atomic E-state index is 0.252. The van der Waals surface area contributed by atoms with Gasteiger partial charge < -0.3 is 16.0 Å². The van der Waals surface area contributed by atoms with Crippen molar-refractivity contribution in [1.82, 2.24) is 20.5 Å². The Balaban J connectivity index is 1.95. The van der Waals surface area contributed by atoms with E-state index < -0.39 is 58.8 Å². The van der Waals surface area contributed by atoms with Gasteiger partial charge in [-0.15, -0.1) is 10.2 Å². The number of pyridine rings is 1. The van der Waals surface area contributed by atoms with Crippen molar-refractivity contribution in [2.75, 3.05) is 23.9 Å². The number of halogens is 3. The van der Waals surface area contributed by atoms with Crippen LogP contribution in [0.2, 0.25) is 0 Å². The van der Waals surface area contributed by atoms with E-state index in [2.05, 4.69) is 25.8 Å². The zero-order valence-corrected chi connectivity index (χ0v) is 16.5. The van der Waals surface area contributed by atoms with Gasteiger partial charge in [0.05, 0.1) is 17.5 Å². The summed E-state index contributed by atoms with van der Waals surface area (Å²) >= 11 is 0. The number of carbonyl (C=O) groups is 2. The van der Waals surface area contributed by atoms with E-state index in [1.165, 1.54) is 18.3 Å². The summed E-state index contributed by atoms with van der Waals surface area (Å²) in [5, 5.41) is 13.5. The lowest BCUT2D eigenvalue weighted by atomic mass is 10.2. The molecule has 0 spiro atoms. The molecule has 0 saturated heterocycles. The van der Waals surface area contributed by atoms with Gasteiger partial charge in [-0.1, -0.05) is 0 Å². The third-order valence-corrected chi connectivity index (χ3v) is 5.47. The fourth-order valence-corrected chi connectivity index (χ4v) is 3.53. The molecule has 0 aliphatic heterocycles. The fourth-order valence-electron chi connectivity index (χ4n) is 2.75. The van der Waals surface area contributed by atoms with Gasteiger partial charge in [-0.25, -0.2) is 13.4 Å². The van der Waals surface area contributed by atoms with Gasteiger partial charge in [0.15, 0.2) is 21.3 Å². The van der Waals surface area contributed by atoms with Gasteiger partial charge in [-0.05, 0) is 18.6 Å². The third kappa shape index (κ3) is 5.07. The number of rotatable bonds is 6. The molecule has 3 N–H and O–H groups in total. The molecular weight excluding hydrogens is 441 g/mol. The summed E-state index contributed by atoms with van der Waals surface area (Å²) in [6.45, 7) is -2.90. The Kier molecular flexibility index (Phi) is 4.82. The first-order chi connectivity index (χ1) is 15.6. The van der Waals surface area contributed by atoms with E-state index in [9.17, 15) is 31.2 Å². The molecule has 166 valence electrons. The van der Waals surface area contributed by atoms with Gasteiger partial charge in [0.25, 0.3) is 5.91 Å². The number of hydrogen-bond donors (Lipinski definition) is 3. The van der Waals surface area contributed by atoms with Crippen molar-refractivity contribution >= 4 is 39.0 Å². The second kappa shape index (κ2) is 8.09. The number of aromatic nitrogens is 3. The summed E-state index contributed by atoms with van der Waals surface area (Å²) < 4.78 is 83.8. The van der Waals surface area contributed by atoms with Crippen LogP contribution in [0.5, 0.6) is 0 Å². The predicted octanol–water partition coefficient (Wildman–Crippen LogP) is 1.52. The molecule has 0 radical (unpaired) electrons. The summed E-state index contributed by atoms with van der Waals surface area (Å²) in [6, 6.07) is 3.55. The number of hydrogen-bond acceptors (Lipinski definition) is 8. The van der Waals surface area contributed by atoms with Crippen LogP contribution in [0.25, 0.3) is 0 Å². The van der Waals surface area contributed by atoms with Crippen LogP contribution in [-0.4, -0.2) is 54.8 Å². The Labute approximate surface area is 178 Å². The molecule has 2 amide bonds. The van der Waals surface area contributed by atoms with E-state index in [0.717, 1.165) is 12.3 Å². The van der Waals surface area contributed by atoms with E-state index in [-0.39, 0.29) is 22.2 Å². The Morgan fingerprint density at radius 1 is 1.29 bits per heavy atom. The first-order valence-corrected chi connectivity index (χ1v) is 10.5. The monoisotopic (exact) mass is 461 g/mol. The molecule has 1 fully saturated rings. The molecule has 14 heteroatoms. The Bertz CT molecular complexity index is 1240. The maximum atomic E-state index is 12.7. The van der Waals surface area contributed by atoms with Gasteiger partial charge in [-0.3, -0.25) is 9.59 Å². The number of carbonyl (C=O) groups excluding carboxylic acids is 2. The second-order valence-electron chi connectivity index (χ2n) is 6.67. The van der Waals surface area contributed by atoms with Gasteiger partial charge in [-0.2, -0.15) is 13.2 Å². The molecule has 31 heavy (non-hydrogen) atoms.